The number of amides is 1. The van der Waals surface area contributed by atoms with Gasteiger partial charge in [0, 0.05) is 19.6 Å². The Labute approximate surface area is 131 Å². The molecule has 112 valence electrons. The SMILES string of the molecule is CC(C)C(N)CCN(C)C(=O)Cc1ccc(Cl)c(Cl)c1. The van der Waals surface area contributed by atoms with Crippen LogP contribution in [0.25, 0.3) is 0 Å². The number of hydrogen-bond acceptors (Lipinski definition) is 2. The quantitative estimate of drug-likeness (QED) is 0.874. The number of rotatable bonds is 6. The van der Waals surface area contributed by atoms with Gasteiger partial charge in [-0.25, -0.2) is 0 Å². The van der Waals surface area contributed by atoms with Gasteiger partial charge in [0.2, 0.25) is 5.91 Å². The molecule has 0 saturated heterocycles. The third-order valence-electron chi connectivity index (χ3n) is 3.42. The first-order chi connectivity index (χ1) is 9.31. The first-order valence-corrected chi connectivity index (χ1v) is 7.50. The van der Waals surface area contributed by atoms with Crippen molar-refractivity contribution in [3.05, 3.63) is 33.8 Å². The Morgan fingerprint density at radius 1 is 1.30 bits per heavy atom. The summed E-state index contributed by atoms with van der Waals surface area (Å²) in [5, 5.41) is 0.973. The van der Waals surface area contributed by atoms with Gasteiger partial charge >= 0.3 is 0 Å². The van der Waals surface area contributed by atoms with Crippen LogP contribution in [0.4, 0.5) is 0 Å². The molecule has 0 bridgehead atoms. The van der Waals surface area contributed by atoms with Gasteiger partial charge in [-0.15, -0.1) is 0 Å². The lowest BCUT2D eigenvalue weighted by atomic mass is 10.0. The van der Waals surface area contributed by atoms with E-state index < -0.39 is 0 Å². The second kappa shape index (κ2) is 7.87. The van der Waals surface area contributed by atoms with Gasteiger partial charge in [-0.3, -0.25) is 4.79 Å². The molecule has 3 nitrogen and oxygen atoms in total. The minimum Gasteiger partial charge on any atom is -0.345 e. The van der Waals surface area contributed by atoms with Crippen molar-refractivity contribution >= 4 is 29.1 Å². The van der Waals surface area contributed by atoms with Gasteiger partial charge in [-0.1, -0.05) is 43.1 Å². The molecule has 0 aromatic heterocycles. The van der Waals surface area contributed by atoms with Gasteiger partial charge in [0.25, 0.3) is 0 Å². The molecule has 1 aromatic carbocycles. The summed E-state index contributed by atoms with van der Waals surface area (Å²) in [6.07, 6.45) is 1.13. The highest BCUT2D eigenvalue weighted by Gasteiger charge is 2.13. The molecule has 1 unspecified atom stereocenters. The molecular formula is C15H22Cl2N2O. The van der Waals surface area contributed by atoms with Gasteiger partial charge in [-0.2, -0.15) is 0 Å². The molecule has 1 atom stereocenters. The third-order valence-corrected chi connectivity index (χ3v) is 4.16. The lowest BCUT2D eigenvalue weighted by Gasteiger charge is -2.21. The predicted molar refractivity (Wildman–Crippen MR) is 85.2 cm³/mol. The molecule has 20 heavy (non-hydrogen) atoms. The second-order valence-electron chi connectivity index (χ2n) is 5.44. The van der Waals surface area contributed by atoms with Crippen LogP contribution in [0, 0.1) is 5.92 Å². The van der Waals surface area contributed by atoms with E-state index in [0.717, 1.165) is 12.0 Å². The van der Waals surface area contributed by atoms with Gasteiger partial charge in [-0.05, 0) is 30.0 Å². The highest BCUT2D eigenvalue weighted by molar-refractivity contribution is 6.42. The van der Waals surface area contributed by atoms with Crippen molar-refractivity contribution in [3.63, 3.8) is 0 Å². The summed E-state index contributed by atoms with van der Waals surface area (Å²) in [7, 11) is 1.80. The summed E-state index contributed by atoms with van der Waals surface area (Å²) in [6, 6.07) is 5.38. The Morgan fingerprint density at radius 2 is 1.95 bits per heavy atom. The number of hydrogen-bond donors (Lipinski definition) is 1. The lowest BCUT2D eigenvalue weighted by molar-refractivity contribution is -0.129. The Kier molecular flexibility index (Phi) is 6.80. The van der Waals surface area contributed by atoms with E-state index in [1.54, 1.807) is 24.1 Å². The highest BCUT2D eigenvalue weighted by Crippen LogP contribution is 2.23. The van der Waals surface area contributed by atoms with Crippen LogP contribution in [0.2, 0.25) is 10.0 Å². The van der Waals surface area contributed by atoms with Gasteiger partial charge in [0.1, 0.15) is 0 Å². The van der Waals surface area contributed by atoms with E-state index in [1.807, 2.05) is 6.07 Å². The maximum atomic E-state index is 12.1. The largest absolute Gasteiger partial charge is 0.345 e. The molecule has 0 aliphatic heterocycles. The highest BCUT2D eigenvalue weighted by atomic mass is 35.5. The molecule has 0 saturated carbocycles. The van der Waals surface area contributed by atoms with Crippen molar-refractivity contribution in [2.75, 3.05) is 13.6 Å². The number of nitrogens with two attached hydrogens (primary N) is 1. The average Bonchev–Trinajstić information content (AvgIpc) is 2.39. The maximum absolute atomic E-state index is 12.1. The minimum atomic E-state index is 0.0549. The van der Waals surface area contributed by atoms with Gasteiger partial charge in [0.05, 0.1) is 16.5 Å². The van der Waals surface area contributed by atoms with Crippen LogP contribution in [0.15, 0.2) is 18.2 Å². The summed E-state index contributed by atoms with van der Waals surface area (Å²) in [5.41, 5.74) is 6.85. The van der Waals surface area contributed by atoms with E-state index in [4.69, 9.17) is 28.9 Å². The molecule has 1 aromatic rings. The molecule has 1 rings (SSSR count). The van der Waals surface area contributed by atoms with Crippen molar-refractivity contribution in [3.8, 4) is 0 Å². The zero-order chi connectivity index (χ0) is 15.3. The first kappa shape index (κ1) is 17.3. The van der Waals surface area contributed by atoms with E-state index in [9.17, 15) is 4.79 Å². The number of benzene rings is 1. The maximum Gasteiger partial charge on any atom is 0.226 e. The second-order valence-corrected chi connectivity index (χ2v) is 6.25. The van der Waals surface area contributed by atoms with Crippen LogP contribution in [0.5, 0.6) is 0 Å². The fourth-order valence-electron chi connectivity index (χ4n) is 1.76. The fourth-order valence-corrected chi connectivity index (χ4v) is 2.08. The van der Waals surface area contributed by atoms with Crippen LogP contribution in [-0.2, 0) is 11.2 Å². The molecule has 1 amide bonds. The Morgan fingerprint density at radius 3 is 2.50 bits per heavy atom. The van der Waals surface area contributed by atoms with Crippen LogP contribution < -0.4 is 5.73 Å². The molecule has 0 aliphatic rings. The van der Waals surface area contributed by atoms with Gasteiger partial charge < -0.3 is 10.6 Å². The van der Waals surface area contributed by atoms with Crippen LogP contribution in [-0.4, -0.2) is 30.4 Å². The lowest BCUT2D eigenvalue weighted by Crippen LogP contribution is -2.35. The molecule has 2 N–H and O–H groups in total. The van der Waals surface area contributed by atoms with Crippen molar-refractivity contribution in [2.45, 2.75) is 32.7 Å². The van der Waals surface area contributed by atoms with E-state index in [-0.39, 0.29) is 11.9 Å². The van der Waals surface area contributed by atoms with E-state index in [1.165, 1.54) is 0 Å². The number of nitrogens with zero attached hydrogens (tertiary/aromatic N) is 1. The van der Waals surface area contributed by atoms with Gasteiger partial charge in [0.15, 0.2) is 0 Å². The topological polar surface area (TPSA) is 46.3 Å². The molecule has 0 aliphatic carbocycles. The van der Waals surface area contributed by atoms with Crippen molar-refractivity contribution in [2.24, 2.45) is 11.7 Å². The first-order valence-electron chi connectivity index (χ1n) is 6.74. The van der Waals surface area contributed by atoms with E-state index in [2.05, 4.69) is 13.8 Å². The summed E-state index contributed by atoms with van der Waals surface area (Å²) < 4.78 is 0. The number of carbonyl (C=O) groups excluding carboxylic acids is 1. The predicted octanol–water partition coefficient (Wildman–Crippen LogP) is 3.37. The average molecular weight is 317 g/mol. The monoisotopic (exact) mass is 316 g/mol. The minimum absolute atomic E-state index is 0.0549. The fraction of sp³-hybridized carbons (Fsp3) is 0.533. The smallest absolute Gasteiger partial charge is 0.226 e. The molecule has 5 heteroatoms. The van der Waals surface area contributed by atoms with E-state index >= 15 is 0 Å². The zero-order valence-corrected chi connectivity index (χ0v) is 13.7. The number of carbonyl (C=O) groups is 1. The Hall–Kier alpha value is -0.770. The van der Waals surface area contributed by atoms with Crippen molar-refractivity contribution in [1.29, 1.82) is 0 Å². The molecular weight excluding hydrogens is 295 g/mol. The Balaban J connectivity index is 2.51. The summed E-state index contributed by atoms with van der Waals surface area (Å²) in [4.78, 5) is 13.8. The zero-order valence-electron chi connectivity index (χ0n) is 12.2. The Bertz CT molecular complexity index is 463. The van der Waals surface area contributed by atoms with Crippen LogP contribution in [0.3, 0.4) is 0 Å². The van der Waals surface area contributed by atoms with E-state index in [0.29, 0.717) is 28.9 Å². The summed E-state index contributed by atoms with van der Waals surface area (Å²) >= 11 is 11.8. The summed E-state index contributed by atoms with van der Waals surface area (Å²) in [6.45, 7) is 4.84. The number of likely N-dealkylation sites (N-methyl/N-ethyl adjacent to an activating group) is 1. The normalized spacial score (nSPS) is 12.6. The third kappa shape index (κ3) is 5.31. The molecule has 0 spiro atoms. The molecule has 0 heterocycles. The van der Waals surface area contributed by atoms with Crippen LogP contribution >= 0.6 is 23.2 Å². The van der Waals surface area contributed by atoms with Crippen LogP contribution in [0.1, 0.15) is 25.8 Å². The van der Waals surface area contributed by atoms with Crippen molar-refractivity contribution in [1.82, 2.24) is 4.90 Å². The molecule has 0 fully saturated rings. The summed E-state index contributed by atoms with van der Waals surface area (Å²) in [5.74, 6) is 0.480. The van der Waals surface area contributed by atoms with Crippen molar-refractivity contribution < 1.29 is 4.79 Å². The standard InChI is InChI=1S/C15H22Cl2N2O/c1-10(2)14(18)6-7-19(3)15(20)9-11-4-5-12(16)13(17)8-11/h4-5,8,10,14H,6-7,9,18H2,1-3H3. The number of halogens is 2. The molecule has 0 radical (unpaired) electrons.